The van der Waals surface area contributed by atoms with Crippen molar-refractivity contribution in [2.24, 2.45) is 0 Å². The Morgan fingerprint density at radius 3 is 2.60 bits per heavy atom. The maximum absolute atomic E-state index is 12.5. The summed E-state index contributed by atoms with van der Waals surface area (Å²) in [6.45, 7) is 1.72. The topological polar surface area (TPSA) is 50.8 Å². The lowest BCUT2D eigenvalue weighted by Gasteiger charge is -2.25. The molecule has 25 heavy (non-hydrogen) atoms. The lowest BCUT2D eigenvalue weighted by atomic mass is 10.0. The van der Waals surface area contributed by atoms with Crippen molar-refractivity contribution in [2.75, 3.05) is 26.8 Å². The van der Waals surface area contributed by atoms with Gasteiger partial charge in [0.1, 0.15) is 18.1 Å². The van der Waals surface area contributed by atoms with E-state index in [0.717, 1.165) is 36.4 Å². The van der Waals surface area contributed by atoms with Crippen LogP contribution in [0.1, 0.15) is 24.4 Å². The molecular weight excluding hydrogens is 316 g/mol. The molecule has 1 unspecified atom stereocenters. The molecule has 0 aliphatic carbocycles. The van der Waals surface area contributed by atoms with Crippen molar-refractivity contribution in [2.45, 2.75) is 18.9 Å². The van der Waals surface area contributed by atoms with Gasteiger partial charge in [0.15, 0.2) is 0 Å². The van der Waals surface area contributed by atoms with Crippen LogP contribution in [0.3, 0.4) is 0 Å². The van der Waals surface area contributed by atoms with Gasteiger partial charge in [0, 0.05) is 6.54 Å². The summed E-state index contributed by atoms with van der Waals surface area (Å²) in [6.07, 6.45) is 2.00. The fourth-order valence-corrected chi connectivity index (χ4v) is 3.13. The molecule has 1 heterocycles. The van der Waals surface area contributed by atoms with Gasteiger partial charge >= 0.3 is 6.03 Å². The molecule has 1 atom stereocenters. The highest BCUT2D eigenvalue weighted by atomic mass is 16.5. The van der Waals surface area contributed by atoms with Gasteiger partial charge in [-0.15, -0.1) is 0 Å². The third-order valence-electron chi connectivity index (χ3n) is 4.40. The first-order chi connectivity index (χ1) is 12.3. The highest BCUT2D eigenvalue weighted by Gasteiger charge is 2.29. The first-order valence-electron chi connectivity index (χ1n) is 8.64. The van der Waals surface area contributed by atoms with Gasteiger partial charge in [-0.05, 0) is 42.7 Å². The highest BCUT2D eigenvalue weighted by molar-refractivity contribution is 5.75. The molecule has 1 aliphatic rings. The van der Waals surface area contributed by atoms with E-state index in [1.54, 1.807) is 7.11 Å². The van der Waals surface area contributed by atoms with E-state index in [0.29, 0.717) is 13.2 Å². The van der Waals surface area contributed by atoms with E-state index < -0.39 is 0 Å². The van der Waals surface area contributed by atoms with Crippen molar-refractivity contribution in [3.8, 4) is 11.5 Å². The summed E-state index contributed by atoms with van der Waals surface area (Å²) in [5.74, 6) is 1.64. The van der Waals surface area contributed by atoms with Gasteiger partial charge in [-0.1, -0.05) is 30.3 Å². The quantitative estimate of drug-likeness (QED) is 0.817. The zero-order valence-corrected chi connectivity index (χ0v) is 14.5. The SMILES string of the molecule is COc1ccc(C2CCCN2C(=O)NCCOc2ccccc2)cc1. The number of amides is 2. The lowest BCUT2D eigenvalue weighted by Crippen LogP contribution is -2.41. The molecular formula is C20H24N2O3. The minimum absolute atomic E-state index is 0.0324. The molecule has 1 fully saturated rings. The number of likely N-dealkylation sites (tertiary alicyclic amines) is 1. The van der Waals surface area contributed by atoms with E-state index in [4.69, 9.17) is 9.47 Å². The average molecular weight is 340 g/mol. The van der Waals surface area contributed by atoms with Crippen LogP contribution in [0.2, 0.25) is 0 Å². The van der Waals surface area contributed by atoms with Gasteiger partial charge in [-0.2, -0.15) is 0 Å². The predicted molar refractivity (Wildman–Crippen MR) is 97.0 cm³/mol. The highest BCUT2D eigenvalue weighted by Crippen LogP contribution is 2.32. The number of rotatable bonds is 6. The minimum Gasteiger partial charge on any atom is -0.497 e. The molecule has 3 rings (SSSR count). The van der Waals surface area contributed by atoms with Gasteiger partial charge < -0.3 is 19.7 Å². The van der Waals surface area contributed by atoms with Crippen LogP contribution in [0.4, 0.5) is 4.79 Å². The number of hydrogen-bond donors (Lipinski definition) is 1. The number of hydrogen-bond acceptors (Lipinski definition) is 3. The monoisotopic (exact) mass is 340 g/mol. The van der Waals surface area contributed by atoms with E-state index in [1.165, 1.54) is 0 Å². The smallest absolute Gasteiger partial charge is 0.318 e. The van der Waals surface area contributed by atoms with E-state index in [-0.39, 0.29) is 12.1 Å². The average Bonchev–Trinajstić information content (AvgIpc) is 3.16. The maximum Gasteiger partial charge on any atom is 0.318 e. The van der Waals surface area contributed by atoms with Crippen LogP contribution in [0.15, 0.2) is 54.6 Å². The van der Waals surface area contributed by atoms with Crippen LogP contribution in [0.25, 0.3) is 0 Å². The number of carbonyl (C=O) groups is 1. The van der Waals surface area contributed by atoms with E-state index in [9.17, 15) is 4.79 Å². The van der Waals surface area contributed by atoms with Crippen molar-refractivity contribution >= 4 is 6.03 Å². The number of nitrogens with one attached hydrogen (secondary N) is 1. The molecule has 1 aliphatic heterocycles. The first kappa shape index (κ1) is 17.1. The Bertz CT molecular complexity index is 673. The number of benzene rings is 2. The van der Waals surface area contributed by atoms with Gasteiger partial charge in [0.25, 0.3) is 0 Å². The molecule has 5 heteroatoms. The van der Waals surface area contributed by atoms with Crippen molar-refractivity contribution < 1.29 is 14.3 Å². The van der Waals surface area contributed by atoms with Gasteiger partial charge in [-0.3, -0.25) is 0 Å². The molecule has 2 amide bonds. The van der Waals surface area contributed by atoms with Crippen LogP contribution in [0, 0.1) is 0 Å². The molecule has 2 aromatic rings. The van der Waals surface area contributed by atoms with Gasteiger partial charge in [0.2, 0.25) is 0 Å². The fourth-order valence-electron chi connectivity index (χ4n) is 3.13. The van der Waals surface area contributed by atoms with E-state index >= 15 is 0 Å². The molecule has 132 valence electrons. The van der Waals surface area contributed by atoms with Crippen molar-refractivity contribution in [1.29, 1.82) is 0 Å². The summed E-state index contributed by atoms with van der Waals surface area (Å²) in [7, 11) is 1.65. The lowest BCUT2D eigenvalue weighted by molar-refractivity contribution is 0.190. The number of para-hydroxylation sites is 1. The number of urea groups is 1. The Morgan fingerprint density at radius 2 is 1.88 bits per heavy atom. The second-order valence-corrected chi connectivity index (χ2v) is 6.02. The summed E-state index contributed by atoms with van der Waals surface area (Å²) < 4.78 is 10.8. The Kier molecular flexibility index (Phi) is 5.77. The number of methoxy groups -OCH3 is 1. The zero-order chi connectivity index (χ0) is 17.5. The molecule has 0 aromatic heterocycles. The third kappa shape index (κ3) is 4.44. The van der Waals surface area contributed by atoms with Crippen molar-refractivity contribution in [1.82, 2.24) is 10.2 Å². The van der Waals surface area contributed by atoms with Crippen LogP contribution in [-0.4, -0.2) is 37.7 Å². The van der Waals surface area contributed by atoms with Gasteiger partial charge in [0.05, 0.1) is 19.7 Å². The maximum atomic E-state index is 12.5. The fraction of sp³-hybridized carbons (Fsp3) is 0.350. The molecule has 5 nitrogen and oxygen atoms in total. The normalized spacial score (nSPS) is 16.5. The summed E-state index contributed by atoms with van der Waals surface area (Å²) in [5.41, 5.74) is 1.15. The summed E-state index contributed by atoms with van der Waals surface area (Å²) in [6, 6.07) is 17.7. The number of carbonyl (C=O) groups excluding carboxylic acids is 1. The van der Waals surface area contributed by atoms with Gasteiger partial charge in [-0.25, -0.2) is 4.79 Å². The standard InChI is InChI=1S/C20H24N2O3/c1-24-17-11-9-16(10-12-17)19-8-5-14-22(19)20(23)21-13-15-25-18-6-3-2-4-7-18/h2-4,6-7,9-12,19H,5,8,13-15H2,1H3,(H,21,23). The second-order valence-electron chi connectivity index (χ2n) is 6.02. The number of nitrogens with zero attached hydrogens (tertiary/aromatic N) is 1. The second kappa shape index (κ2) is 8.42. The Morgan fingerprint density at radius 1 is 1.12 bits per heavy atom. The molecule has 0 bridgehead atoms. The van der Waals surface area contributed by atoms with Crippen LogP contribution in [-0.2, 0) is 0 Å². The van der Waals surface area contributed by atoms with Crippen molar-refractivity contribution in [3.05, 3.63) is 60.2 Å². The summed E-state index contributed by atoms with van der Waals surface area (Å²) >= 11 is 0. The molecule has 0 radical (unpaired) electrons. The Balaban J connectivity index is 1.50. The Hall–Kier alpha value is -2.69. The largest absolute Gasteiger partial charge is 0.497 e. The number of ether oxygens (including phenoxy) is 2. The third-order valence-corrected chi connectivity index (χ3v) is 4.40. The summed E-state index contributed by atoms with van der Waals surface area (Å²) in [5, 5.41) is 2.95. The van der Waals surface area contributed by atoms with Crippen LogP contribution >= 0.6 is 0 Å². The molecule has 1 saturated heterocycles. The van der Waals surface area contributed by atoms with Crippen LogP contribution < -0.4 is 14.8 Å². The van der Waals surface area contributed by atoms with E-state index in [2.05, 4.69) is 5.32 Å². The Labute approximate surface area is 148 Å². The molecule has 0 saturated carbocycles. The first-order valence-corrected chi connectivity index (χ1v) is 8.64. The predicted octanol–water partition coefficient (Wildman–Crippen LogP) is 3.62. The molecule has 1 N–H and O–H groups in total. The molecule has 0 spiro atoms. The minimum atomic E-state index is -0.0324. The molecule has 2 aromatic carbocycles. The van der Waals surface area contributed by atoms with Crippen molar-refractivity contribution in [3.63, 3.8) is 0 Å². The summed E-state index contributed by atoms with van der Waals surface area (Å²) in [4.78, 5) is 14.4. The zero-order valence-electron chi connectivity index (χ0n) is 14.5. The van der Waals surface area contributed by atoms with E-state index in [1.807, 2.05) is 59.5 Å². The van der Waals surface area contributed by atoms with Crippen LogP contribution in [0.5, 0.6) is 11.5 Å².